The van der Waals surface area contributed by atoms with Crippen molar-refractivity contribution in [3.8, 4) is 0 Å². The summed E-state index contributed by atoms with van der Waals surface area (Å²) in [6.45, 7) is 0.823. The van der Waals surface area contributed by atoms with Gasteiger partial charge >= 0.3 is 0 Å². The molecule has 76 valence electrons. The molecule has 1 heterocycles. The van der Waals surface area contributed by atoms with Crippen LogP contribution < -0.4 is 10.0 Å². The molecule has 0 unspecified atom stereocenters. The predicted molar refractivity (Wildman–Crippen MR) is 61.2 cm³/mol. The minimum atomic E-state index is 0.823. The number of hydrogen-bond donors (Lipinski definition) is 2. The maximum atomic E-state index is 4.26. The predicted octanol–water partition coefficient (Wildman–Crippen LogP) is 2.02. The number of aromatic nitrogens is 1. The van der Waals surface area contributed by atoms with Crippen molar-refractivity contribution in [2.24, 2.45) is 0 Å². The number of hydrogen-bond acceptors (Lipinski definition) is 4. The molecule has 0 aromatic carbocycles. The highest BCUT2D eigenvalue weighted by Crippen LogP contribution is 2.34. The Morgan fingerprint density at radius 2 is 2.43 bits per heavy atom. The molecule has 1 aliphatic rings. The molecule has 0 radical (unpaired) electrons. The van der Waals surface area contributed by atoms with Crippen LogP contribution in [0, 0.1) is 0 Å². The fraction of sp³-hybridized carbons (Fsp3) is 0.500. The van der Waals surface area contributed by atoms with Gasteiger partial charge in [-0.1, -0.05) is 0 Å². The highest BCUT2D eigenvalue weighted by atomic mass is 32.2. The zero-order valence-electron chi connectivity index (χ0n) is 8.29. The van der Waals surface area contributed by atoms with E-state index in [9.17, 15) is 0 Å². The standard InChI is InChI=1S/C10H15N3S/c1-11-7-9-6-8(4-5-12-9)13-14-10-2-3-10/h4-6,10-11H,2-3,7H2,1H3,(H,12,13). The third-order valence-electron chi connectivity index (χ3n) is 2.04. The molecule has 1 aliphatic carbocycles. The molecule has 3 nitrogen and oxygen atoms in total. The van der Waals surface area contributed by atoms with Crippen molar-refractivity contribution in [2.45, 2.75) is 24.6 Å². The average Bonchev–Trinajstić information content (AvgIpc) is 2.99. The van der Waals surface area contributed by atoms with Crippen molar-refractivity contribution in [1.29, 1.82) is 0 Å². The fourth-order valence-electron chi connectivity index (χ4n) is 1.16. The number of rotatable bonds is 5. The Hall–Kier alpha value is -0.740. The van der Waals surface area contributed by atoms with Crippen LogP contribution in [0.4, 0.5) is 5.69 Å². The van der Waals surface area contributed by atoms with Gasteiger partial charge in [-0.3, -0.25) is 4.98 Å². The SMILES string of the molecule is CNCc1cc(NSC2CC2)ccn1. The first-order chi connectivity index (χ1) is 6.88. The zero-order valence-corrected chi connectivity index (χ0v) is 9.10. The average molecular weight is 209 g/mol. The van der Waals surface area contributed by atoms with E-state index in [1.807, 2.05) is 31.3 Å². The lowest BCUT2D eigenvalue weighted by atomic mass is 10.3. The summed E-state index contributed by atoms with van der Waals surface area (Å²) in [6.07, 6.45) is 4.56. The molecule has 0 atom stereocenters. The van der Waals surface area contributed by atoms with Gasteiger partial charge in [-0.2, -0.15) is 0 Å². The van der Waals surface area contributed by atoms with Gasteiger partial charge in [-0.25, -0.2) is 0 Å². The molecular formula is C10H15N3S. The molecule has 0 bridgehead atoms. The second-order valence-electron chi connectivity index (χ2n) is 3.49. The van der Waals surface area contributed by atoms with Gasteiger partial charge in [0.05, 0.1) is 5.69 Å². The summed E-state index contributed by atoms with van der Waals surface area (Å²) < 4.78 is 3.35. The molecule has 2 N–H and O–H groups in total. The van der Waals surface area contributed by atoms with Gasteiger partial charge in [0, 0.05) is 23.7 Å². The molecule has 0 amide bonds. The molecule has 0 aliphatic heterocycles. The first-order valence-corrected chi connectivity index (χ1v) is 5.77. The van der Waals surface area contributed by atoms with E-state index in [2.05, 4.69) is 21.1 Å². The Bertz CT molecular complexity index is 299. The Labute approximate surface area is 88.8 Å². The van der Waals surface area contributed by atoms with Crippen molar-refractivity contribution < 1.29 is 0 Å². The highest BCUT2D eigenvalue weighted by molar-refractivity contribution is 8.01. The fourth-order valence-corrected chi connectivity index (χ4v) is 1.96. The summed E-state index contributed by atoms with van der Waals surface area (Å²) in [4.78, 5) is 4.26. The van der Waals surface area contributed by atoms with Crippen molar-refractivity contribution >= 4 is 17.6 Å². The van der Waals surface area contributed by atoms with Crippen LogP contribution in [-0.4, -0.2) is 17.3 Å². The van der Waals surface area contributed by atoms with Gasteiger partial charge in [0.2, 0.25) is 0 Å². The Kier molecular flexibility index (Phi) is 3.26. The first-order valence-electron chi connectivity index (χ1n) is 4.89. The van der Waals surface area contributed by atoms with E-state index in [0.29, 0.717) is 0 Å². The third-order valence-corrected chi connectivity index (χ3v) is 3.20. The van der Waals surface area contributed by atoms with Crippen LogP contribution in [0.25, 0.3) is 0 Å². The van der Waals surface area contributed by atoms with Gasteiger partial charge < -0.3 is 10.0 Å². The van der Waals surface area contributed by atoms with Gasteiger partial charge in [0.25, 0.3) is 0 Å². The summed E-state index contributed by atoms with van der Waals surface area (Å²) in [7, 11) is 1.93. The van der Waals surface area contributed by atoms with E-state index in [0.717, 1.165) is 23.2 Å². The Balaban J connectivity index is 1.90. The summed E-state index contributed by atoms with van der Waals surface area (Å²) >= 11 is 1.82. The molecule has 0 saturated heterocycles. The smallest absolute Gasteiger partial charge is 0.0562 e. The van der Waals surface area contributed by atoms with Crippen LogP contribution in [0.15, 0.2) is 18.3 Å². The topological polar surface area (TPSA) is 37.0 Å². The minimum absolute atomic E-state index is 0.823. The lowest BCUT2D eigenvalue weighted by Gasteiger charge is -2.05. The first kappa shape index (κ1) is 9.80. The van der Waals surface area contributed by atoms with E-state index < -0.39 is 0 Å². The van der Waals surface area contributed by atoms with E-state index in [1.54, 1.807) is 0 Å². The number of nitrogens with zero attached hydrogens (tertiary/aromatic N) is 1. The van der Waals surface area contributed by atoms with Gasteiger partial charge in [0.15, 0.2) is 0 Å². The maximum Gasteiger partial charge on any atom is 0.0562 e. The molecule has 0 spiro atoms. The highest BCUT2D eigenvalue weighted by Gasteiger charge is 2.21. The Morgan fingerprint density at radius 3 is 3.14 bits per heavy atom. The summed E-state index contributed by atoms with van der Waals surface area (Å²) in [5, 5.41) is 3.92. The molecule has 2 rings (SSSR count). The van der Waals surface area contributed by atoms with Crippen LogP contribution in [-0.2, 0) is 6.54 Å². The normalized spacial score (nSPS) is 15.5. The Morgan fingerprint density at radius 1 is 1.57 bits per heavy atom. The van der Waals surface area contributed by atoms with Gasteiger partial charge in [-0.05, 0) is 44.0 Å². The van der Waals surface area contributed by atoms with Crippen molar-refractivity contribution in [1.82, 2.24) is 10.3 Å². The van der Waals surface area contributed by atoms with Crippen molar-refractivity contribution in [2.75, 3.05) is 11.8 Å². The van der Waals surface area contributed by atoms with Crippen LogP contribution in [0.3, 0.4) is 0 Å². The van der Waals surface area contributed by atoms with Crippen LogP contribution in [0.1, 0.15) is 18.5 Å². The van der Waals surface area contributed by atoms with Crippen LogP contribution in [0.2, 0.25) is 0 Å². The van der Waals surface area contributed by atoms with E-state index >= 15 is 0 Å². The second-order valence-corrected chi connectivity index (χ2v) is 4.59. The van der Waals surface area contributed by atoms with Crippen molar-refractivity contribution in [3.05, 3.63) is 24.0 Å². The number of pyridine rings is 1. The van der Waals surface area contributed by atoms with Crippen LogP contribution >= 0.6 is 11.9 Å². The molecule has 4 heteroatoms. The molecule has 14 heavy (non-hydrogen) atoms. The molecule has 1 fully saturated rings. The summed E-state index contributed by atoms with van der Waals surface area (Å²) in [6, 6.07) is 4.10. The monoisotopic (exact) mass is 209 g/mol. The zero-order chi connectivity index (χ0) is 9.80. The summed E-state index contributed by atoms with van der Waals surface area (Å²) in [5.41, 5.74) is 2.23. The quantitative estimate of drug-likeness (QED) is 0.728. The molecule has 1 aromatic heterocycles. The molecule has 1 saturated carbocycles. The van der Waals surface area contributed by atoms with E-state index in [1.165, 1.54) is 12.8 Å². The summed E-state index contributed by atoms with van der Waals surface area (Å²) in [5.74, 6) is 0. The molecular weight excluding hydrogens is 194 g/mol. The van der Waals surface area contributed by atoms with E-state index in [4.69, 9.17) is 0 Å². The largest absolute Gasteiger partial charge is 0.329 e. The maximum absolute atomic E-state index is 4.26. The number of anilines is 1. The van der Waals surface area contributed by atoms with Crippen LogP contribution in [0.5, 0.6) is 0 Å². The third kappa shape index (κ3) is 2.89. The lowest BCUT2D eigenvalue weighted by Crippen LogP contribution is -2.06. The van der Waals surface area contributed by atoms with Crippen molar-refractivity contribution in [3.63, 3.8) is 0 Å². The lowest BCUT2D eigenvalue weighted by molar-refractivity contribution is 0.792. The van der Waals surface area contributed by atoms with Gasteiger partial charge in [-0.15, -0.1) is 0 Å². The number of nitrogens with one attached hydrogen (secondary N) is 2. The van der Waals surface area contributed by atoms with Gasteiger partial charge in [0.1, 0.15) is 0 Å². The second kappa shape index (κ2) is 4.66. The van der Waals surface area contributed by atoms with E-state index in [-0.39, 0.29) is 0 Å². The minimum Gasteiger partial charge on any atom is -0.329 e. The molecule has 1 aromatic rings.